The van der Waals surface area contributed by atoms with Gasteiger partial charge in [0, 0.05) is 49.4 Å². The Balaban J connectivity index is 1.32. The van der Waals surface area contributed by atoms with Gasteiger partial charge in [-0.1, -0.05) is 54.1 Å². The second-order valence-corrected chi connectivity index (χ2v) is 9.23. The van der Waals surface area contributed by atoms with Crippen LogP contribution in [0, 0.1) is 0 Å². The molecule has 1 fully saturated rings. The van der Waals surface area contributed by atoms with E-state index in [4.69, 9.17) is 11.6 Å². The molecule has 2 aromatic carbocycles. The predicted octanol–water partition coefficient (Wildman–Crippen LogP) is 5.07. The summed E-state index contributed by atoms with van der Waals surface area (Å²) >= 11 is 5.90. The van der Waals surface area contributed by atoms with Crippen LogP contribution < -0.4 is 0 Å². The second-order valence-electron chi connectivity index (χ2n) is 8.79. The first kappa shape index (κ1) is 24.4. The summed E-state index contributed by atoms with van der Waals surface area (Å²) in [5.74, 6) is -0.335. The fourth-order valence-corrected chi connectivity index (χ4v) is 4.44. The maximum atomic E-state index is 13.8. The molecule has 1 saturated heterocycles. The lowest BCUT2D eigenvalue weighted by Gasteiger charge is -2.34. The van der Waals surface area contributed by atoms with Crippen molar-refractivity contribution in [1.29, 1.82) is 0 Å². The molecule has 0 amide bonds. The molecular weight excluding hydrogens is 491 g/mol. The van der Waals surface area contributed by atoms with E-state index in [9.17, 15) is 18.0 Å². The molecule has 0 atom stereocenters. The van der Waals surface area contributed by atoms with Crippen LogP contribution in [0.5, 0.6) is 0 Å². The Morgan fingerprint density at radius 3 is 2.25 bits per heavy atom. The normalized spacial score (nSPS) is 15.4. The number of carbonyl (C=O) groups is 1. The number of Topliss-reactive ketones (excluding diaryl/α,β-unsaturated/α-hetero) is 1. The summed E-state index contributed by atoms with van der Waals surface area (Å²) in [6.45, 7) is 3.93. The molecule has 5 rings (SSSR count). The highest BCUT2D eigenvalue weighted by Crippen LogP contribution is 2.32. The lowest BCUT2D eigenvalue weighted by molar-refractivity contribution is -0.142. The third-order valence-electron chi connectivity index (χ3n) is 6.22. The number of alkyl halides is 3. The van der Waals surface area contributed by atoms with Crippen LogP contribution in [-0.4, -0.2) is 62.9 Å². The van der Waals surface area contributed by atoms with Gasteiger partial charge in [-0.2, -0.15) is 18.3 Å². The van der Waals surface area contributed by atoms with Gasteiger partial charge in [-0.25, -0.2) is 9.50 Å². The number of ketones is 1. The van der Waals surface area contributed by atoms with Crippen molar-refractivity contribution in [1.82, 2.24) is 24.4 Å². The average Bonchev–Trinajstić information content (AvgIpc) is 3.29. The minimum Gasteiger partial charge on any atom is -0.297 e. The van der Waals surface area contributed by atoms with Crippen molar-refractivity contribution in [3.8, 4) is 11.3 Å². The Morgan fingerprint density at radius 2 is 1.58 bits per heavy atom. The van der Waals surface area contributed by atoms with Gasteiger partial charge >= 0.3 is 6.18 Å². The maximum Gasteiger partial charge on any atom is 0.433 e. The summed E-state index contributed by atoms with van der Waals surface area (Å²) in [5.41, 5.74) is 0.775. The van der Waals surface area contributed by atoms with Crippen LogP contribution in [0.3, 0.4) is 0 Å². The van der Waals surface area contributed by atoms with Gasteiger partial charge in [0.25, 0.3) is 0 Å². The number of fused-ring (bicyclic) bond motifs is 1. The average molecular weight is 514 g/mol. The first-order chi connectivity index (χ1) is 17.3. The number of hydrogen-bond acceptors (Lipinski definition) is 5. The van der Waals surface area contributed by atoms with Crippen LogP contribution >= 0.6 is 11.6 Å². The van der Waals surface area contributed by atoms with E-state index in [1.54, 1.807) is 24.3 Å². The van der Waals surface area contributed by atoms with E-state index in [0.717, 1.165) is 25.7 Å². The molecule has 36 heavy (non-hydrogen) atoms. The topological polar surface area (TPSA) is 53.7 Å². The maximum absolute atomic E-state index is 13.8. The summed E-state index contributed by atoms with van der Waals surface area (Å²) in [6, 6.07) is 18.8. The van der Waals surface area contributed by atoms with E-state index >= 15 is 0 Å². The van der Waals surface area contributed by atoms with Crippen LogP contribution in [0.4, 0.5) is 13.2 Å². The van der Waals surface area contributed by atoms with Gasteiger partial charge in [0.1, 0.15) is 5.69 Å². The lowest BCUT2D eigenvalue weighted by atomic mass is 10.1. The summed E-state index contributed by atoms with van der Waals surface area (Å²) in [5, 5.41) is 4.46. The van der Waals surface area contributed by atoms with Crippen molar-refractivity contribution in [3.63, 3.8) is 0 Å². The van der Waals surface area contributed by atoms with E-state index < -0.39 is 11.9 Å². The van der Waals surface area contributed by atoms with Gasteiger partial charge in [0.05, 0.1) is 12.2 Å². The zero-order chi connectivity index (χ0) is 25.3. The minimum absolute atomic E-state index is 0.0343. The Bertz CT molecular complexity index is 1360. The quantitative estimate of drug-likeness (QED) is 0.337. The number of carbonyl (C=O) groups excluding carboxylic acids is 1. The smallest absolute Gasteiger partial charge is 0.297 e. The van der Waals surface area contributed by atoms with Crippen molar-refractivity contribution in [3.05, 3.63) is 88.7 Å². The van der Waals surface area contributed by atoms with Crippen molar-refractivity contribution in [2.75, 3.05) is 32.7 Å². The third kappa shape index (κ3) is 5.43. The molecule has 2 aromatic heterocycles. The summed E-state index contributed by atoms with van der Waals surface area (Å²) < 4.78 is 42.2. The fourth-order valence-electron chi connectivity index (χ4n) is 4.31. The number of hydrogen-bond donors (Lipinski definition) is 0. The fraction of sp³-hybridized carbons (Fsp3) is 0.269. The number of nitrogens with zero attached hydrogens (tertiary/aromatic N) is 5. The van der Waals surface area contributed by atoms with Gasteiger partial charge in [0.2, 0.25) is 0 Å². The van der Waals surface area contributed by atoms with Crippen molar-refractivity contribution in [2.24, 2.45) is 0 Å². The van der Waals surface area contributed by atoms with E-state index in [2.05, 4.69) is 27.1 Å². The molecule has 3 heterocycles. The number of benzene rings is 2. The van der Waals surface area contributed by atoms with Gasteiger partial charge in [-0.3, -0.25) is 14.6 Å². The molecule has 0 unspecified atom stereocenters. The molecule has 0 N–H and O–H groups in total. The minimum atomic E-state index is -4.68. The molecule has 10 heteroatoms. The summed E-state index contributed by atoms with van der Waals surface area (Å²) in [4.78, 5) is 21.6. The van der Waals surface area contributed by atoms with E-state index in [-0.39, 0.29) is 29.4 Å². The molecule has 6 nitrogen and oxygen atoms in total. The zero-order valence-corrected chi connectivity index (χ0v) is 20.0. The largest absolute Gasteiger partial charge is 0.433 e. The second kappa shape index (κ2) is 10.0. The number of rotatable bonds is 6. The zero-order valence-electron chi connectivity index (χ0n) is 19.2. The van der Waals surface area contributed by atoms with E-state index in [0.29, 0.717) is 28.2 Å². The van der Waals surface area contributed by atoms with Gasteiger partial charge in [0.15, 0.2) is 17.1 Å². The molecule has 0 bridgehead atoms. The standard InChI is InChI=1S/C26H23ClF3N5O/c27-20-8-6-19(7-9-20)21-14-24(26(28,29)30)35-25(31-21)15-22(32-35)23(36)17-34-12-10-33(11-13-34)16-18-4-2-1-3-5-18/h1-9,14-15H,10-13,16-17H2. The molecule has 0 radical (unpaired) electrons. The van der Waals surface area contributed by atoms with Crippen LogP contribution in [-0.2, 0) is 12.7 Å². The van der Waals surface area contributed by atoms with Crippen molar-refractivity contribution < 1.29 is 18.0 Å². The third-order valence-corrected chi connectivity index (χ3v) is 6.48. The van der Waals surface area contributed by atoms with Crippen molar-refractivity contribution in [2.45, 2.75) is 12.7 Å². The molecule has 1 aliphatic rings. The summed E-state index contributed by atoms with van der Waals surface area (Å²) in [6.07, 6.45) is -4.68. The monoisotopic (exact) mass is 513 g/mol. The summed E-state index contributed by atoms with van der Waals surface area (Å²) in [7, 11) is 0. The molecule has 0 spiro atoms. The van der Waals surface area contributed by atoms with Gasteiger partial charge < -0.3 is 0 Å². The highest BCUT2D eigenvalue weighted by Gasteiger charge is 2.36. The molecule has 4 aromatic rings. The number of halogens is 4. The Hall–Kier alpha value is -3.27. The lowest BCUT2D eigenvalue weighted by Crippen LogP contribution is -2.47. The number of piperazine rings is 1. The first-order valence-corrected chi connectivity index (χ1v) is 11.9. The number of aromatic nitrogens is 3. The highest BCUT2D eigenvalue weighted by molar-refractivity contribution is 6.30. The Morgan fingerprint density at radius 1 is 0.917 bits per heavy atom. The predicted molar refractivity (Wildman–Crippen MR) is 131 cm³/mol. The molecule has 0 saturated carbocycles. The molecular formula is C26H23ClF3N5O. The Kier molecular flexibility index (Phi) is 6.79. The highest BCUT2D eigenvalue weighted by atomic mass is 35.5. The van der Waals surface area contributed by atoms with Crippen LogP contribution in [0.25, 0.3) is 16.9 Å². The van der Waals surface area contributed by atoms with E-state index in [1.165, 1.54) is 11.6 Å². The molecule has 186 valence electrons. The van der Waals surface area contributed by atoms with Gasteiger partial charge in [-0.15, -0.1) is 0 Å². The van der Waals surface area contributed by atoms with E-state index in [1.807, 2.05) is 23.1 Å². The van der Waals surface area contributed by atoms with Crippen LogP contribution in [0.2, 0.25) is 5.02 Å². The SMILES string of the molecule is O=C(CN1CCN(Cc2ccccc2)CC1)c1cc2nc(-c3ccc(Cl)cc3)cc(C(F)(F)F)n2n1. The van der Waals surface area contributed by atoms with Crippen LogP contribution in [0.1, 0.15) is 21.7 Å². The molecule has 1 aliphatic heterocycles. The molecule has 0 aliphatic carbocycles. The van der Waals surface area contributed by atoms with Crippen molar-refractivity contribution >= 4 is 23.0 Å². The Labute approximate surface area is 210 Å². The van der Waals surface area contributed by atoms with Gasteiger partial charge in [-0.05, 0) is 23.8 Å². The van der Waals surface area contributed by atoms with Crippen LogP contribution in [0.15, 0.2) is 66.7 Å². The first-order valence-electron chi connectivity index (χ1n) is 11.5.